The zero-order valence-electron chi connectivity index (χ0n) is 15.0. The van der Waals surface area contributed by atoms with Crippen LogP contribution in [0.5, 0.6) is 0 Å². The second-order valence-corrected chi connectivity index (χ2v) is 7.75. The fourth-order valence-electron chi connectivity index (χ4n) is 3.65. The van der Waals surface area contributed by atoms with Crippen LogP contribution in [0.1, 0.15) is 49.2 Å². The first-order valence-corrected chi connectivity index (χ1v) is 9.18. The van der Waals surface area contributed by atoms with Crippen LogP contribution in [0.25, 0.3) is 0 Å². The van der Waals surface area contributed by atoms with Crippen molar-refractivity contribution in [3.63, 3.8) is 0 Å². The Hall–Kier alpha value is -1.62. The highest BCUT2D eigenvalue weighted by Gasteiger charge is 2.33. The smallest absolute Gasteiger partial charge is 0.259 e. The Kier molecular flexibility index (Phi) is 5.09. The lowest BCUT2D eigenvalue weighted by molar-refractivity contribution is 0.0702. The predicted molar refractivity (Wildman–Crippen MR) is 95.2 cm³/mol. The number of hydrogen-bond acceptors (Lipinski definition) is 3. The summed E-state index contributed by atoms with van der Waals surface area (Å²) in [7, 11) is 0. The normalized spacial score (nSPS) is 22.7. The molecule has 1 aromatic rings. The fourth-order valence-corrected chi connectivity index (χ4v) is 3.65. The Morgan fingerprint density at radius 2 is 2.08 bits per heavy atom. The third kappa shape index (κ3) is 3.89. The Morgan fingerprint density at radius 1 is 1.33 bits per heavy atom. The molecule has 0 bridgehead atoms. The molecule has 1 aliphatic carbocycles. The van der Waals surface area contributed by atoms with E-state index < -0.39 is 0 Å². The van der Waals surface area contributed by atoms with Crippen LogP contribution in [-0.4, -0.2) is 52.9 Å². The number of aromatic amines is 1. The molecular formula is C19H29N3O2. The number of aromatic nitrogens is 1. The number of rotatable bonds is 4. The minimum absolute atomic E-state index is 0.129. The van der Waals surface area contributed by atoms with Crippen molar-refractivity contribution in [3.8, 4) is 0 Å². The van der Waals surface area contributed by atoms with Gasteiger partial charge in [-0.3, -0.25) is 14.5 Å². The van der Waals surface area contributed by atoms with Gasteiger partial charge in [0.1, 0.15) is 5.56 Å². The second kappa shape index (κ2) is 7.09. The van der Waals surface area contributed by atoms with Gasteiger partial charge in [0.25, 0.3) is 5.91 Å². The molecule has 2 aliphatic rings. The van der Waals surface area contributed by atoms with Gasteiger partial charge in [0.15, 0.2) is 5.43 Å². The van der Waals surface area contributed by atoms with E-state index in [1.807, 2.05) is 11.8 Å². The van der Waals surface area contributed by atoms with Crippen LogP contribution in [0.15, 0.2) is 17.1 Å². The van der Waals surface area contributed by atoms with Crippen molar-refractivity contribution in [2.24, 2.45) is 11.8 Å². The van der Waals surface area contributed by atoms with Gasteiger partial charge in [-0.15, -0.1) is 0 Å². The molecule has 1 saturated heterocycles. The summed E-state index contributed by atoms with van der Waals surface area (Å²) in [5, 5.41) is 0. The molecule has 0 spiro atoms. The molecule has 1 aliphatic heterocycles. The summed E-state index contributed by atoms with van der Waals surface area (Å²) in [4.78, 5) is 32.5. The second-order valence-electron chi connectivity index (χ2n) is 7.75. The lowest BCUT2D eigenvalue weighted by Gasteiger charge is -2.34. The lowest BCUT2D eigenvalue weighted by Crippen LogP contribution is -2.47. The molecule has 0 unspecified atom stereocenters. The first-order chi connectivity index (χ1) is 11.5. The summed E-state index contributed by atoms with van der Waals surface area (Å²) < 4.78 is 0. The van der Waals surface area contributed by atoms with Gasteiger partial charge in [0.05, 0.1) is 0 Å². The summed E-state index contributed by atoms with van der Waals surface area (Å²) in [6, 6.07) is 1.88. The van der Waals surface area contributed by atoms with Gasteiger partial charge < -0.3 is 9.88 Å². The molecule has 1 atom stereocenters. The standard InChI is InChI=1S/C19H29N3O2/c1-13(2)17-12-22(8-4-7-21(17)11-15-5-6-15)19(24)16-10-20-14(3)9-18(16)23/h9-10,13,15,17H,4-8,11-12H2,1-3H3,(H,20,23)/t17-/m0/s1. The maximum atomic E-state index is 12.9. The number of aryl methyl sites for hydroxylation is 1. The molecule has 2 heterocycles. The number of hydrogen-bond donors (Lipinski definition) is 1. The number of H-pyrrole nitrogens is 1. The summed E-state index contributed by atoms with van der Waals surface area (Å²) >= 11 is 0. The van der Waals surface area contributed by atoms with Gasteiger partial charge >= 0.3 is 0 Å². The van der Waals surface area contributed by atoms with Gasteiger partial charge in [0.2, 0.25) is 0 Å². The summed E-state index contributed by atoms with van der Waals surface area (Å²) in [6.07, 6.45) is 5.24. The molecule has 5 heteroatoms. The van der Waals surface area contributed by atoms with Crippen LogP contribution in [0.4, 0.5) is 0 Å². The molecule has 1 N–H and O–H groups in total. The first-order valence-electron chi connectivity index (χ1n) is 9.18. The largest absolute Gasteiger partial charge is 0.364 e. The van der Waals surface area contributed by atoms with Crippen LogP contribution in [0, 0.1) is 18.8 Å². The zero-order valence-corrected chi connectivity index (χ0v) is 15.0. The molecule has 3 rings (SSSR count). The van der Waals surface area contributed by atoms with E-state index in [1.165, 1.54) is 18.9 Å². The maximum absolute atomic E-state index is 12.9. The van der Waals surface area contributed by atoms with E-state index in [9.17, 15) is 9.59 Å². The van der Waals surface area contributed by atoms with Gasteiger partial charge in [-0.1, -0.05) is 13.8 Å². The number of carbonyl (C=O) groups is 1. The van der Waals surface area contributed by atoms with Crippen molar-refractivity contribution in [2.45, 2.75) is 46.1 Å². The van der Waals surface area contributed by atoms with E-state index in [0.717, 1.165) is 44.2 Å². The number of nitrogens with one attached hydrogen (secondary N) is 1. The van der Waals surface area contributed by atoms with E-state index in [0.29, 0.717) is 12.0 Å². The SMILES string of the molecule is Cc1cc(=O)c(C(=O)N2CCCN(CC3CC3)[C@H](C(C)C)C2)c[nH]1. The van der Waals surface area contributed by atoms with Crippen LogP contribution >= 0.6 is 0 Å². The highest BCUT2D eigenvalue weighted by molar-refractivity contribution is 5.93. The van der Waals surface area contributed by atoms with Crippen molar-refractivity contribution >= 4 is 5.91 Å². The Bertz CT molecular complexity index is 648. The number of amides is 1. The minimum Gasteiger partial charge on any atom is -0.364 e. The quantitative estimate of drug-likeness (QED) is 0.921. The van der Waals surface area contributed by atoms with Gasteiger partial charge in [-0.2, -0.15) is 0 Å². The third-order valence-electron chi connectivity index (χ3n) is 5.28. The lowest BCUT2D eigenvalue weighted by atomic mass is 10.0. The molecule has 1 aromatic heterocycles. The maximum Gasteiger partial charge on any atom is 0.259 e. The molecule has 1 amide bonds. The van der Waals surface area contributed by atoms with Crippen molar-refractivity contribution in [1.29, 1.82) is 0 Å². The number of pyridine rings is 1. The molecule has 132 valence electrons. The number of carbonyl (C=O) groups excluding carboxylic acids is 1. The first kappa shape index (κ1) is 17.2. The monoisotopic (exact) mass is 331 g/mol. The van der Waals surface area contributed by atoms with Crippen molar-refractivity contribution < 1.29 is 4.79 Å². The fraction of sp³-hybridized carbons (Fsp3) is 0.684. The van der Waals surface area contributed by atoms with E-state index in [1.54, 1.807) is 6.20 Å². The Morgan fingerprint density at radius 3 is 2.71 bits per heavy atom. The molecule has 24 heavy (non-hydrogen) atoms. The van der Waals surface area contributed by atoms with Crippen molar-refractivity contribution in [3.05, 3.63) is 33.7 Å². The predicted octanol–water partition coefficient (Wildman–Crippen LogP) is 2.27. The van der Waals surface area contributed by atoms with E-state index in [2.05, 4.69) is 23.7 Å². The zero-order chi connectivity index (χ0) is 17.3. The molecule has 0 radical (unpaired) electrons. The molecule has 1 saturated carbocycles. The highest BCUT2D eigenvalue weighted by atomic mass is 16.2. The highest BCUT2D eigenvalue weighted by Crippen LogP contribution is 2.32. The number of nitrogens with zero attached hydrogens (tertiary/aromatic N) is 2. The van der Waals surface area contributed by atoms with E-state index in [-0.39, 0.29) is 16.9 Å². The summed E-state index contributed by atoms with van der Waals surface area (Å²) in [6.45, 7) is 9.96. The molecule has 5 nitrogen and oxygen atoms in total. The Balaban J connectivity index is 1.77. The minimum atomic E-state index is -0.184. The van der Waals surface area contributed by atoms with Gasteiger partial charge in [-0.05, 0) is 38.0 Å². The summed E-state index contributed by atoms with van der Waals surface area (Å²) in [5.41, 5.74) is 0.860. The molecule has 2 fully saturated rings. The van der Waals surface area contributed by atoms with Crippen LogP contribution < -0.4 is 5.43 Å². The van der Waals surface area contributed by atoms with Crippen molar-refractivity contribution in [1.82, 2.24) is 14.8 Å². The van der Waals surface area contributed by atoms with Gasteiger partial charge in [-0.25, -0.2) is 0 Å². The van der Waals surface area contributed by atoms with Crippen LogP contribution in [-0.2, 0) is 0 Å². The Labute approximate surface area is 144 Å². The van der Waals surface area contributed by atoms with E-state index >= 15 is 0 Å². The topological polar surface area (TPSA) is 56.4 Å². The van der Waals surface area contributed by atoms with Crippen LogP contribution in [0.2, 0.25) is 0 Å². The molecular weight excluding hydrogens is 302 g/mol. The molecule has 0 aromatic carbocycles. The van der Waals surface area contributed by atoms with E-state index in [4.69, 9.17) is 0 Å². The van der Waals surface area contributed by atoms with Crippen LogP contribution in [0.3, 0.4) is 0 Å². The summed E-state index contributed by atoms with van der Waals surface area (Å²) in [5.74, 6) is 1.22. The van der Waals surface area contributed by atoms with Crippen molar-refractivity contribution in [2.75, 3.05) is 26.2 Å². The van der Waals surface area contributed by atoms with Gasteiger partial charge in [0, 0.05) is 50.2 Å². The third-order valence-corrected chi connectivity index (χ3v) is 5.28. The average Bonchev–Trinajstić information content (AvgIpc) is 3.34. The average molecular weight is 331 g/mol.